The quantitative estimate of drug-likeness (QED) is 0.914. The van der Waals surface area contributed by atoms with E-state index in [2.05, 4.69) is 36.1 Å². The third kappa shape index (κ3) is 4.78. The summed E-state index contributed by atoms with van der Waals surface area (Å²) in [7, 11) is 0. The molecule has 0 unspecified atom stereocenters. The van der Waals surface area contributed by atoms with Crippen LogP contribution in [0.1, 0.15) is 17.5 Å². The number of amides is 1. The summed E-state index contributed by atoms with van der Waals surface area (Å²) in [5.74, 6) is 0.192. The highest BCUT2D eigenvalue weighted by Gasteiger charge is 2.20. The Morgan fingerprint density at radius 1 is 1.25 bits per heavy atom. The molecule has 20 heavy (non-hydrogen) atoms. The van der Waals surface area contributed by atoms with Crippen molar-refractivity contribution in [2.75, 3.05) is 32.7 Å². The Kier molecular flexibility index (Phi) is 6.99. The molecule has 0 aromatic heterocycles. The van der Waals surface area contributed by atoms with Crippen molar-refractivity contribution in [2.24, 2.45) is 5.73 Å². The van der Waals surface area contributed by atoms with Crippen LogP contribution in [0, 0.1) is 6.92 Å². The molecule has 1 aliphatic heterocycles. The van der Waals surface area contributed by atoms with Crippen LogP contribution < -0.4 is 5.73 Å². The molecule has 4 nitrogen and oxygen atoms in total. The first-order valence-electron chi connectivity index (χ1n) is 6.95. The summed E-state index contributed by atoms with van der Waals surface area (Å²) in [5.41, 5.74) is 8.07. The van der Waals surface area contributed by atoms with E-state index in [4.69, 9.17) is 5.73 Å². The Morgan fingerprint density at radius 3 is 2.55 bits per heavy atom. The maximum Gasteiger partial charge on any atom is 0.223 e. The van der Waals surface area contributed by atoms with Gasteiger partial charge in [0.25, 0.3) is 0 Å². The molecule has 1 amide bonds. The van der Waals surface area contributed by atoms with Gasteiger partial charge in [-0.25, -0.2) is 0 Å². The standard InChI is InChI=1S/C15H23N3O.ClH/c1-13-3-2-4-14(11-13)12-17-7-9-18(10-8-17)15(19)5-6-16;/h2-4,11H,5-10,12,16H2,1H3;1H. The minimum atomic E-state index is 0. The van der Waals surface area contributed by atoms with Gasteiger partial charge < -0.3 is 10.6 Å². The number of piperazine rings is 1. The number of rotatable bonds is 4. The van der Waals surface area contributed by atoms with Crippen molar-refractivity contribution in [1.82, 2.24) is 9.80 Å². The second-order valence-electron chi connectivity index (χ2n) is 5.18. The van der Waals surface area contributed by atoms with Gasteiger partial charge >= 0.3 is 0 Å². The van der Waals surface area contributed by atoms with E-state index in [-0.39, 0.29) is 18.3 Å². The molecule has 0 bridgehead atoms. The molecule has 0 spiro atoms. The third-order valence-electron chi connectivity index (χ3n) is 3.57. The molecule has 1 saturated heterocycles. The van der Waals surface area contributed by atoms with Gasteiger partial charge in [-0.15, -0.1) is 12.4 Å². The maximum absolute atomic E-state index is 11.7. The van der Waals surface area contributed by atoms with E-state index in [1.807, 2.05) is 4.90 Å². The van der Waals surface area contributed by atoms with Crippen molar-refractivity contribution in [3.63, 3.8) is 0 Å². The Hall–Kier alpha value is -1.10. The van der Waals surface area contributed by atoms with Gasteiger partial charge in [0, 0.05) is 45.7 Å². The normalized spacial score (nSPS) is 15.8. The summed E-state index contributed by atoms with van der Waals surface area (Å²) in [6, 6.07) is 8.61. The monoisotopic (exact) mass is 297 g/mol. The van der Waals surface area contributed by atoms with Crippen molar-refractivity contribution < 1.29 is 4.79 Å². The zero-order valence-corrected chi connectivity index (χ0v) is 12.9. The lowest BCUT2D eigenvalue weighted by Gasteiger charge is -2.34. The molecule has 2 rings (SSSR count). The highest BCUT2D eigenvalue weighted by molar-refractivity contribution is 5.85. The van der Waals surface area contributed by atoms with Gasteiger partial charge in [0.15, 0.2) is 0 Å². The number of halogens is 1. The van der Waals surface area contributed by atoms with E-state index < -0.39 is 0 Å². The van der Waals surface area contributed by atoms with E-state index in [9.17, 15) is 4.79 Å². The fourth-order valence-corrected chi connectivity index (χ4v) is 2.51. The van der Waals surface area contributed by atoms with Crippen molar-refractivity contribution in [3.8, 4) is 0 Å². The van der Waals surface area contributed by atoms with Crippen LogP contribution in [0.4, 0.5) is 0 Å². The number of hydrogen-bond acceptors (Lipinski definition) is 3. The molecule has 0 atom stereocenters. The second kappa shape index (κ2) is 8.25. The lowest BCUT2D eigenvalue weighted by Crippen LogP contribution is -2.48. The minimum Gasteiger partial charge on any atom is -0.340 e. The molecule has 5 heteroatoms. The van der Waals surface area contributed by atoms with Crippen LogP contribution in [-0.4, -0.2) is 48.4 Å². The maximum atomic E-state index is 11.7. The van der Waals surface area contributed by atoms with Crippen molar-refractivity contribution in [2.45, 2.75) is 19.9 Å². The fourth-order valence-electron chi connectivity index (χ4n) is 2.51. The first-order chi connectivity index (χ1) is 9.19. The van der Waals surface area contributed by atoms with Crippen LogP contribution in [0.15, 0.2) is 24.3 Å². The van der Waals surface area contributed by atoms with Crippen LogP contribution in [0.25, 0.3) is 0 Å². The Balaban J connectivity index is 0.00000200. The predicted octanol–water partition coefficient (Wildman–Crippen LogP) is 1.41. The fraction of sp³-hybridized carbons (Fsp3) is 0.533. The highest BCUT2D eigenvalue weighted by Crippen LogP contribution is 2.10. The Labute approximate surface area is 127 Å². The molecular formula is C15H24ClN3O. The zero-order valence-electron chi connectivity index (χ0n) is 12.0. The van der Waals surface area contributed by atoms with E-state index >= 15 is 0 Å². The van der Waals surface area contributed by atoms with Gasteiger partial charge in [-0.05, 0) is 12.5 Å². The number of nitrogens with two attached hydrogens (primary N) is 1. The largest absolute Gasteiger partial charge is 0.340 e. The number of nitrogens with zero attached hydrogens (tertiary/aromatic N) is 2. The average Bonchev–Trinajstić information content (AvgIpc) is 2.40. The summed E-state index contributed by atoms with van der Waals surface area (Å²) in [4.78, 5) is 16.1. The smallest absolute Gasteiger partial charge is 0.223 e. The van der Waals surface area contributed by atoms with Crippen molar-refractivity contribution >= 4 is 18.3 Å². The third-order valence-corrected chi connectivity index (χ3v) is 3.57. The van der Waals surface area contributed by atoms with Gasteiger partial charge in [-0.2, -0.15) is 0 Å². The number of carbonyl (C=O) groups is 1. The van der Waals surface area contributed by atoms with E-state index in [0.717, 1.165) is 32.7 Å². The Bertz CT molecular complexity index is 431. The zero-order chi connectivity index (χ0) is 13.7. The molecule has 2 N–H and O–H groups in total. The van der Waals surface area contributed by atoms with E-state index in [0.29, 0.717) is 13.0 Å². The second-order valence-corrected chi connectivity index (χ2v) is 5.18. The van der Waals surface area contributed by atoms with Crippen LogP contribution in [0.5, 0.6) is 0 Å². The molecule has 1 aromatic carbocycles. The molecule has 1 heterocycles. The van der Waals surface area contributed by atoms with Gasteiger partial charge in [0.2, 0.25) is 5.91 Å². The topological polar surface area (TPSA) is 49.6 Å². The molecule has 1 fully saturated rings. The van der Waals surface area contributed by atoms with Crippen LogP contribution in [-0.2, 0) is 11.3 Å². The lowest BCUT2D eigenvalue weighted by molar-refractivity contribution is -0.132. The summed E-state index contributed by atoms with van der Waals surface area (Å²) in [6.45, 7) is 7.08. The van der Waals surface area contributed by atoms with E-state index in [1.165, 1.54) is 11.1 Å². The number of benzene rings is 1. The Morgan fingerprint density at radius 2 is 1.95 bits per heavy atom. The van der Waals surface area contributed by atoms with Crippen LogP contribution in [0.2, 0.25) is 0 Å². The number of hydrogen-bond donors (Lipinski definition) is 1. The molecule has 0 saturated carbocycles. The summed E-state index contributed by atoms with van der Waals surface area (Å²) in [5, 5.41) is 0. The molecule has 1 aromatic rings. The lowest BCUT2D eigenvalue weighted by atomic mass is 10.1. The molecule has 112 valence electrons. The van der Waals surface area contributed by atoms with Crippen molar-refractivity contribution in [1.29, 1.82) is 0 Å². The summed E-state index contributed by atoms with van der Waals surface area (Å²) >= 11 is 0. The predicted molar refractivity (Wildman–Crippen MR) is 84.0 cm³/mol. The van der Waals surface area contributed by atoms with Gasteiger partial charge in [-0.1, -0.05) is 29.8 Å². The van der Waals surface area contributed by atoms with Gasteiger partial charge in [-0.3, -0.25) is 9.69 Å². The number of aryl methyl sites for hydroxylation is 1. The van der Waals surface area contributed by atoms with Crippen LogP contribution in [0.3, 0.4) is 0 Å². The molecule has 1 aliphatic rings. The summed E-state index contributed by atoms with van der Waals surface area (Å²) in [6.07, 6.45) is 0.470. The number of carbonyl (C=O) groups excluding carboxylic acids is 1. The van der Waals surface area contributed by atoms with E-state index in [1.54, 1.807) is 0 Å². The average molecular weight is 298 g/mol. The van der Waals surface area contributed by atoms with Gasteiger partial charge in [0.1, 0.15) is 0 Å². The molecule has 0 radical (unpaired) electrons. The first-order valence-corrected chi connectivity index (χ1v) is 6.95. The molecule has 0 aliphatic carbocycles. The minimum absolute atomic E-state index is 0. The SMILES string of the molecule is Cc1cccc(CN2CCN(C(=O)CCN)CC2)c1.Cl. The first kappa shape index (κ1) is 17.0. The van der Waals surface area contributed by atoms with Crippen molar-refractivity contribution in [3.05, 3.63) is 35.4 Å². The van der Waals surface area contributed by atoms with Gasteiger partial charge in [0.05, 0.1) is 0 Å². The highest BCUT2D eigenvalue weighted by atomic mass is 35.5. The molecular weight excluding hydrogens is 274 g/mol. The summed E-state index contributed by atoms with van der Waals surface area (Å²) < 4.78 is 0. The van der Waals surface area contributed by atoms with Crippen LogP contribution >= 0.6 is 12.4 Å².